The number of rotatable bonds is 5. The van der Waals surface area contributed by atoms with Crippen molar-refractivity contribution < 1.29 is 0 Å². The van der Waals surface area contributed by atoms with Gasteiger partial charge in [-0.05, 0) is 73.0 Å². The average molecular weight is 243 g/mol. The summed E-state index contributed by atoms with van der Waals surface area (Å²) >= 11 is 0. The number of benzene rings is 1. The van der Waals surface area contributed by atoms with E-state index in [4.69, 9.17) is 0 Å². The summed E-state index contributed by atoms with van der Waals surface area (Å²) in [7, 11) is 0. The molecule has 1 N–H and O–H groups in total. The molecule has 98 valence electrons. The number of allylic oxidation sites excluding steroid dienone is 1. The van der Waals surface area contributed by atoms with Gasteiger partial charge in [-0.25, -0.2) is 0 Å². The first-order valence-electron chi connectivity index (χ1n) is 7.09. The summed E-state index contributed by atoms with van der Waals surface area (Å²) in [4.78, 5) is 0. The quantitative estimate of drug-likeness (QED) is 0.777. The average Bonchev–Trinajstić information content (AvgIpc) is 2.70. The van der Waals surface area contributed by atoms with E-state index in [2.05, 4.69) is 44.8 Å². The molecule has 1 aliphatic rings. The van der Waals surface area contributed by atoms with E-state index >= 15 is 0 Å². The fourth-order valence-electron chi connectivity index (χ4n) is 2.75. The van der Waals surface area contributed by atoms with Gasteiger partial charge in [0.2, 0.25) is 0 Å². The fourth-order valence-corrected chi connectivity index (χ4v) is 2.75. The Balaban J connectivity index is 2.00. The summed E-state index contributed by atoms with van der Waals surface area (Å²) in [6.45, 7) is 13.1. The van der Waals surface area contributed by atoms with Crippen LogP contribution in [-0.4, -0.2) is 13.1 Å². The van der Waals surface area contributed by atoms with Crippen LogP contribution in [0.5, 0.6) is 0 Å². The lowest BCUT2D eigenvalue weighted by Gasteiger charge is -2.12. The first-order valence-corrected chi connectivity index (χ1v) is 7.09. The van der Waals surface area contributed by atoms with Crippen LogP contribution in [0.25, 0.3) is 5.57 Å². The number of hydrogen-bond acceptors (Lipinski definition) is 1. The molecule has 2 rings (SSSR count). The van der Waals surface area contributed by atoms with Gasteiger partial charge in [-0.3, -0.25) is 0 Å². The predicted octanol–water partition coefficient (Wildman–Crippen LogP) is 3.74. The summed E-state index contributed by atoms with van der Waals surface area (Å²) in [5, 5.41) is 3.52. The highest BCUT2D eigenvalue weighted by Crippen LogP contribution is 2.34. The molecule has 1 aromatic carbocycles. The molecule has 1 aliphatic carbocycles. The van der Waals surface area contributed by atoms with Crippen molar-refractivity contribution in [2.75, 3.05) is 13.1 Å². The van der Waals surface area contributed by atoms with Crippen LogP contribution in [0.3, 0.4) is 0 Å². The lowest BCUT2D eigenvalue weighted by atomic mass is 9.96. The molecule has 0 fully saturated rings. The van der Waals surface area contributed by atoms with Crippen LogP contribution in [0.4, 0.5) is 0 Å². The molecule has 18 heavy (non-hydrogen) atoms. The number of nitrogens with one attached hydrogen (secondary N) is 1. The zero-order valence-electron chi connectivity index (χ0n) is 12.0. The minimum Gasteiger partial charge on any atom is -0.316 e. The second-order valence-electron chi connectivity index (χ2n) is 5.83. The molecular weight excluding hydrogens is 218 g/mol. The molecule has 0 aliphatic heterocycles. The molecule has 0 atom stereocenters. The zero-order chi connectivity index (χ0) is 13.1. The maximum Gasteiger partial charge on any atom is -0.000814 e. The van der Waals surface area contributed by atoms with Crippen molar-refractivity contribution in [3.63, 3.8) is 0 Å². The monoisotopic (exact) mass is 243 g/mol. The molecular formula is C17H25N. The highest BCUT2D eigenvalue weighted by atomic mass is 14.8. The predicted molar refractivity (Wildman–Crippen MR) is 79.9 cm³/mol. The van der Waals surface area contributed by atoms with E-state index in [-0.39, 0.29) is 0 Å². The van der Waals surface area contributed by atoms with E-state index in [1.807, 2.05) is 0 Å². The van der Waals surface area contributed by atoms with Crippen molar-refractivity contribution in [3.05, 3.63) is 41.0 Å². The molecule has 0 aromatic heterocycles. The smallest absolute Gasteiger partial charge is 0.000814 e. The fraction of sp³-hybridized carbons (Fsp3) is 0.529. The Hall–Kier alpha value is -1.08. The van der Waals surface area contributed by atoms with Crippen LogP contribution in [0.1, 0.15) is 42.5 Å². The third kappa shape index (κ3) is 2.84. The Labute approximate surface area is 111 Å². The van der Waals surface area contributed by atoms with Crippen LogP contribution >= 0.6 is 0 Å². The SMILES string of the molecule is C=C1CCc2c1ccc(CCNCC(C)C)c2C. The van der Waals surface area contributed by atoms with E-state index in [9.17, 15) is 0 Å². The molecule has 1 heteroatoms. The highest BCUT2D eigenvalue weighted by Gasteiger charge is 2.17. The van der Waals surface area contributed by atoms with E-state index in [0.29, 0.717) is 0 Å². The van der Waals surface area contributed by atoms with Gasteiger partial charge in [0.05, 0.1) is 0 Å². The van der Waals surface area contributed by atoms with Gasteiger partial charge in [0.15, 0.2) is 0 Å². The Morgan fingerprint density at radius 2 is 2.06 bits per heavy atom. The van der Waals surface area contributed by atoms with E-state index < -0.39 is 0 Å². The third-order valence-electron chi connectivity index (χ3n) is 3.89. The highest BCUT2D eigenvalue weighted by molar-refractivity contribution is 5.72. The van der Waals surface area contributed by atoms with Gasteiger partial charge < -0.3 is 5.32 Å². The van der Waals surface area contributed by atoms with Gasteiger partial charge in [0.1, 0.15) is 0 Å². The molecule has 1 nitrogen and oxygen atoms in total. The van der Waals surface area contributed by atoms with Gasteiger partial charge in [-0.1, -0.05) is 32.6 Å². The van der Waals surface area contributed by atoms with Crippen LogP contribution in [0, 0.1) is 12.8 Å². The van der Waals surface area contributed by atoms with Crippen molar-refractivity contribution in [1.29, 1.82) is 0 Å². The standard InChI is InChI=1S/C17H25N/c1-12(2)11-18-10-9-15-6-8-16-13(3)5-7-17(16)14(15)4/h6,8,12,18H,3,5,7,9-11H2,1-2,4H3. The van der Waals surface area contributed by atoms with Gasteiger partial charge >= 0.3 is 0 Å². The first kappa shape index (κ1) is 13.4. The van der Waals surface area contributed by atoms with Crippen LogP contribution in [-0.2, 0) is 12.8 Å². The first-order chi connectivity index (χ1) is 8.59. The maximum atomic E-state index is 4.15. The third-order valence-corrected chi connectivity index (χ3v) is 3.89. The lowest BCUT2D eigenvalue weighted by Crippen LogP contribution is -2.22. The van der Waals surface area contributed by atoms with Crippen molar-refractivity contribution in [1.82, 2.24) is 5.32 Å². The molecule has 0 saturated heterocycles. The molecule has 0 saturated carbocycles. The van der Waals surface area contributed by atoms with E-state index in [0.717, 1.165) is 31.8 Å². The Bertz CT molecular complexity index is 443. The molecule has 0 amide bonds. The van der Waals surface area contributed by atoms with Crippen molar-refractivity contribution >= 4 is 5.57 Å². The molecule has 0 heterocycles. The van der Waals surface area contributed by atoms with Crippen LogP contribution < -0.4 is 5.32 Å². The zero-order valence-corrected chi connectivity index (χ0v) is 12.0. The second kappa shape index (κ2) is 5.71. The topological polar surface area (TPSA) is 12.0 Å². The molecule has 0 radical (unpaired) electrons. The number of fused-ring (bicyclic) bond motifs is 1. The Kier molecular flexibility index (Phi) is 4.23. The normalized spacial score (nSPS) is 14.3. The van der Waals surface area contributed by atoms with Crippen molar-refractivity contribution in [3.8, 4) is 0 Å². The van der Waals surface area contributed by atoms with Crippen molar-refractivity contribution in [2.24, 2.45) is 5.92 Å². The minimum atomic E-state index is 0.731. The molecule has 1 aromatic rings. The second-order valence-corrected chi connectivity index (χ2v) is 5.83. The van der Waals surface area contributed by atoms with E-state index in [1.54, 1.807) is 5.56 Å². The van der Waals surface area contributed by atoms with Gasteiger partial charge in [0, 0.05) is 0 Å². The van der Waals surface area contributed by atoms with Gasteiger partial charge in [-0.15, -0.1) is 0 Å². The van der Waals surface area contributed by atoms with Gasteiger partial charge in [0.25, 0.3) is 0 Å². The number of hydrogen-bond donors (Lipinski definition) is 1. The largest absolute Gasteiger partial charge is 0.316 e. The summed E-state index contributed by atoms with van der Waals surface area (Å²) in [5.74, 6) is 0.731. The molecule has 0 spiro atoms. The van der Waals surface area contributed by atoms with E-state index in [1.165, 1.54) is 28.7 Å². The van der Waals surface area contributed by atoms with Crippen molar-refractivity contribution in [2.45, 2.75) is 40.0 Å². The van der Waals surface area contributed by atoms with Crippen LogP contribution in [0.2, 0.25) is 0 Å². The summed E-state index contributed by atoms with van der Waals surface area (Å²) in [6.07, 6.45) is 3.47. The summed E-state index contributed by atoms with van der Waals surface area (Å²) in [6, 6.07) is 4.57. The lowest BCUT2D eigenvalue weighted by molar-refractivity contribution is 0.554. The van der Waals surface area contributed by atoms with Crippen LogP contribution in [0.15, 0.2) is 18.7 Å². The van der Waals surface area contributed by atoms with Gasteiger partial charge in [-0.2, -0.15) is 0 Å². The minimum absolute atomic E-state index is 0.731. The summed E-state index contributed by atoms with van der Waals surface area (Å²) in [5.41, 5.74) is 7.27. The molecule has 0 unspecified atom stereocenters. The molecule has 0 bridgehead atoms. The summed E-state index contributed by atoms with van der Waals surface area (Å²) < 4.78 is 0. The Morgan fingerprint density at radius 3 is 2.78 bits per heavy atom. The Morgan fingerprint density at radius 1 is 1.28 bits per heavy atom. The maximum absolute atomic E-state index is 4.15.